The third-order valence-corrected chi connectivity index (χ3v) is 4.41. The summed E-state index contributed by atoms with van der Waals surface area (Å²) in [6, 6.07) is 0.799. The zero-order valence-electron chi connectivity index (χ0n) is 9.31. The van der Waals surface area contributed by atoms with Crippen LogP contribution in [0.15, 0.2) is 21.5 Å². The molecule has 0 aliphatic rings. The van der Waals surface area contributed by atoms with Crippen LogP contribution >= 0.6 is 15.9 Å². The number of sulfonamides is 1. The summed E-state index contributed by atoms with van der Waals surface area (Å²) in [5, 5.41) is 0. The van der Waals surface area contributed by atoms with Crippen molar-refractivity contribution in [1.82, 2.24) is 4.72 Å². The van der Waals surface area contributed by atoms with Crippen molar-refractivity contribution in [2.75, 3.05) is 6.54 Å². The fourth-order valence-corrected chi connectivity index (χ4v) is 3.33. The van der Waals surface area contributed by atoms with Crippen LogP contribution in [0.1, 0.15) is 0 Å². The number of alkyl halides is 4. The van der Waals surface area contributed by atoms with Crippen molar-refractivity contribution in [3.8, 4) is 0 Å². The second kappa shape index (κ2) is 5.90. The molecule has 0 amide bonds. The molecule has 0 radical (unpaired) electrons. The largest absolute Gasteiger partial charge is 0.320 e. The van der Waals surface area contributed by atoms with Gasteiger partial charge in [-0.05, 0) is 22.0 Å². The predicted molar refractivity (Wildman–Crippen MR) is 60.2 cm³/mol. The lowest BCUT2D eigenvalue weighted by Gasteiger charge is -2.16. The summed E-state index contributed by atoms with van der Waals surface area (Å²) in [6.07, 6.45) is -4.09. The number of benzene rings is 1. The van der Waals surface area contributed by atoms with Gasteiger partial charge >= 0.3 is 12.3 Å². The smallest absolute Gasteiger partial charge is 0.207 e. The zero-order valence-corrected chi connectivity index (χ0v) is 11.7. The van der Waals surface area contributed by atoms with Gasteiger partial charge in [0, 0.05) is 10.5 Å². The highest BCUT2D eigenvalue weighted by Crippen LogP contribution is 2.27. The monoisotopic (exact) mass is 385 g/mol. The van der Waals surface area contributed by atoms with Crippen molar-refractivity contribution >= 4 is 26.0 Å². The molecule has 0 aromatic heterocycles. The molecular weight excluding hydrogens is 380 g/mol. The minimum atomic E-state index is -4.86. The van der Waals surface area contributed by atoms with Gasteiger partial charge in [-0.25, -0.2) is 30.7 Å². The van der Waals surface area contributed by atoms with Crippen LogP contribution in [-0.2, 0) is 10.0 Å². The van der Waals surface area contributed by atoms with Gasteiger partial charge in [-0.2, -0.15) is 8.78 Å². The summed E-state index contributed by atoms with van der Waals surface area (Å²) in [6.45, 7) is -1.92. The molecule has 11 heteroatoms. The minimum absolute atomic E-state index is 0.213. The number of halogens is 7. The number of rotatable bonds is 5. The molecule has 1 rings (SSSR count). The summed E-state index contributed by atoms with van der Waals surface area (Å²) in [4.78, 5) is -1.15. The Morgan fingerprint density at radius 3 is 2.25 bits per heavy atom. The molecule has 3 nitrogen and oxygen atoms in total. The summed E-state index contributed by atoms with van der Waals surface area (Å²) >= 11 is 2.55. The summed E-state index contributed by atoms with van der Waals surface area (Å²) in [7, 11) is -4.86. The Balaban J connectivity index is 3.08. The molecule has 1 aromatic carbocycles. The van der Waals surface area contributed by atoms with Crippen molar-refractivity contribution < 1.29 is 34.8 Å². The Morgan fingerprint density at radius 2 is 1.80 bits per heavy atom. The number of hydrogen-bond acceptors (Lipinski definition) is 2. The first-order valence-electron chi connectivity index (χ1n) is 4.77. The highest BCUT2D eigenvalue weighted by molar-refractivity contribution is 9.10. The first kappa shape index (κ1) is 17.2. The van der Waals surface area contributed by atoms with E-state index < -0.39 is 49.9 Å². The quantitative estimate of drug-likeness (QED) is 0.792. The van der Waals surface area contributed by atoms with E-state index in [0.717, 1.165) is 4.72 Å². The minimum Gasteiger partial charge on any atom is -0.207 e. The molecule has 0 bridgehead atoms. The molecule has 1 aromatic rings. The van der Waals surface area contributed by atoms with E-state index in [4.69, 9.17) is 0 Å². The van der Waals surface area contributed by atoms with E-state index in [9.17, 15) is 34.8 Å². The van der Waals surface area contributed by atoms with Gasteiger partial charge in [-0.15, -0.1) is 0 Å². The van der Waals surface area contributed by atoms with Gasteiger partial charge in [0.15, 0.2) is 0 Å². The molecular formula is C9H6BrF6NO2S. The third-order valence-electron chi connectivity index (χ3n) is 2.05. The van der Waals surface area contributed by atoms with Crippen LogP contribution < -0.4 is 4.72 Å². The molecule has 0 aliphatic heterocycles. The van der Waals surface area contributed by atoms with Crippen LogP contribution in [0.5, 0.6) is 0 Å². The topological polar surface area (TPSA) is 46.2 Å². The van der Waals surface area contributed by atoms with E-state index in [1.165, 1.54) is 0 Å². The second-order valence-corrected chi connectivity index (χ2v) is 6.14. The molecule has 20 heavy (non-hydrogen) atoms. The molecule has 0 saturated carbocycles. The SMILES string of the molecule is O=S(=O)(NCC(F)(F)C(F)F)c1c(F)cc(F)cc1Br. The summed E-state index contributed by atoms with van der Waals surface area (Å²) in [5.41, 5.74) is 0. The molecule has 1 N–H and O–H groups in total. The van der Waals surface area contributed by atoms with Crippen LogP contribution in [-0.4, -0.2) is 27.3 Å². The predicted octanol–water partition coefficient (Wildman–Crippen LogP) is 2.91. The van der Waals surface area contributed by atoms with Crippen LogP contribution in [0.2, 0.25) is 0 Å². The van der Waals surface area contributed by atoms with Gasteiger partial charge in [0.25, 0.3) is 0 Å². The summed E-state index contributed by atoms with van der Waals surface area (Å²) in [5.74, 6) is -7.27. The van der Waals surface area contributed by atoms with E-state index in [-0.39, 0.29) is 6.07 Å². The highest BCUT2D eigenvalue weighted by Gasteiger charge is 2.42. The van der Waals surface area contributed by atoms with Gasteiger partial charge in [-0.3, -0.25) is 0 Å². The molecule has 0 spiro atoms. The normalized spacial score (nSPS) is 13.0. The lowest BCUT2D eigenvalue weighted by molar-refractivity contribution is -0.122. The lowest BCUT2D eigenvalue weighted by Crippen LogP contribution is -2.41. The number of nitrogens with one attached hydrogen (secondary N) is 1. The zero-order chi connectivity index (χ0) is 15.7. The lowest BCUT2D eigenvalue weighted by atomic mass is 10.3. The van der Waals surface area contributed by atoms with E-state index in [1.807, 2.05) is 0 Å². The van der Waals surface area contributed by atoms with Crippen LogP contribution in [0.3, 0.4) is 0 Å². The average molecular weight is 386 g/mol. The maximum Gasteiger partial charge on any atom is 0.320 e. The molecule has 0 heterocycles. The summed E-state index contributed by atoms with van der Waals surface area (Å²) < 4.78 is 98.9. The molecule has 0 fully saturated rings. The Bertz CT molecular complexity index is 583. The van der Waals surface area contributed by atoms with Crippen molar-refractivity contribution in [2.45, 2.75) is 17.2 Å². The highest BCUT2D eigenvalue weighted by atomic mass is 79.9. The fraction of sp³-hybridized carbons (Fsp3) is 0.333. The van der Waals surface area contributed by atoms with Crippen LogP contribution in [0, 0.1) is 11.6 Å². The second-order valence-electron chi connectivity index (χ2n) is 3.58. The Morgan fingerprint density at radius 1 is 1.25 bits per heavy atom. The molecule has 0 saturated heterocycles. The van der Waals surface area contributed by atoms with Gasteiger partial charge in [0.1, 0.15) is 16.5 Å². The molecule has 0 aliphatic carbocycles. The van der Waals surface area contributed by atoms with Crippen molar-refractivity contribution in [3.05, 3.63) is 28.2 Å². The Hall–Kier alpha value is -0.810. The maximum absolute atomic E-state index is 13.4. The first-order chi connectivity index (χ1) is 8.97. The van der Waals surface area contributed by atoms with Gasteiger partial charge < -0.3 is 0 Å². The molecule has 0 unspecified atom stereocenters. The Labute approximate surface area is 118 Å². The molecule has 114 valence electrons. The van der Waals surface area contributed by atoms with E-state index in [1.54, 1.807) is 0 Å². The van der Waals surface area contributed by atoms with Gasteiger partial charge in [-0.1, -0.05) is 0 Å². The van der Waals surface area contributed by atoms with Crippen molar-refractivity contribution in [2.24, 2.45) is 0 Å². The van der Waals surface area contributed by atoms with Gasteiger partial charge in [0.2, 0.25) is 10.0 Å². The van der Waals surface area contributed by atoms with Crippen molar-refractivity contribution in [3.63, 3.8) is 0 Å². The maximum atomic E-state index is 13.4. The molecule has 0 atom stereocenters. The Kier molecular flexibility index (Phi) is 5.08. The van der Waals surface area contributed by atoms with Crippen molar-refractivity contribution in [1.29, 1.82) is 0 Å². The number of hydrogen-bond donors (Lipinski definition) is 1. The third kappa shape index (κ3) is 3.85. The van der Waals surface area contributed by atoms with Crippen LogP contribution in [0.25, 0.3) is 0 Å². The van der Waals surface area contributed by atoms with Gasteiger partial charge in [0.05, 0.1) is 6.54 Å². The van der Waals surface area contributed by atoms with E-state index >= 15 is 0 Å². The average Bonchev–Trinajstić information content (AvgIpc) is 2.24. The van der Waals surface area contributed by atoms with E-state index in [0.29, 0.717) is 6.07 Å². The fourth-order valence-electron chi connectivity index (χ4n) is 1.13. The standard InChI is InChI=1S/C9H6BrF6NO2S/c10-5-1-4(11)2-6(12)7(5)20(18,19)17-3-9(15,16)8(13)14/h1-2,8,17H,3H2. The van der Waals surface area contributed by atoms with E-state index in [2.05, 4.69) is 15.9 Å². The first-order valence-corrected chi connectivity index (χ1v) is 7.05. The van der Waals surface area contributed by atoms with Crippen LogP contribution in [0.4, 0.5) is 26.3 Å².